The number of ether oxygens (including phenoxy) is 2. The molecule has 1 N–H and O–H groups in total. The maximum absolute atomic E-state index is 12.2. The normalized spacial score (nSPS) is 11.1. The lowest BCUT2D eigenvalue weighted by molar-refractivity contribution is 0.0429. The maximum Gasteiger partial charge on any atom is 0.412 e. The molecule has 0 aliphatic heterocycles. The van der Waals surface area contributed by atoms with Crippen molar-refractivity contribution in [3.05, 3.63) is 41.5 Å². The summed E-state index contributed by atoms with van der Waals surface area (Å²) in [4.78, 5) is 28.1. The standard InChI is InChI=1S/C18H23N3O5/c1-5-7-14-20-15(26-21-14)11-24-16(22)12-8-6-9-13(10-12)19-17(23)25-18(2,3)4/h6,8-10H,5,7,11H2,1-4H3,(H,19,23). The minimum absolute atomic E-state index is 0.112. The lowest BCUT2D eigenvalue weighted by Crippen LogP contribution is -2.27. The van der Waals surface area contributed by atoms with Crippen molar-refractivity contribution in [2.45, 2.75) is 52.7 Å². The number of amides is 1. The fraction of sp³-hybridized carbons (Fsp3) is 0.444. The molecule has 0 saturated heterocycles. The van der Waals surface area contributed by atoms with Gasteiger partial charge in [0, 0.05) is 12.1 Å². The van der Waals surface area contributed by atoms with E-state index in [0.29, 0.717) is 17.9 Å². The number of benzene rings is 1. The van der Waals surface area contributed by atoms with Gasteiger partial charge in [0.2, 0.25) is 0 Å². The zero-order valence-corrected chi connectivity index (χ0v) is 15.4. The first kappa shape index (κ1) is 19.4. The third-order valence-corrected chi connectivity index (χ3v) is 3.05. The minimum Gasteiger partial charge on any atom is -0.452 e. The van der Waals surface area contributed by atoms with Gasteiger partial charge >= 0.3 is 12.1 Å². The van der Waals surface area contributed by atoms with Crippen LogP contribution in [0.15, 0.2) is 28.8 Å². The predicted octanol–water partition coefficient (Wildman–Crippen LogP) is 3.73. The molecule has 26 heavy (non-hydrogen) atoms. The third-order valence-electron chi connectivity index (χ3n) is 3.05. The average Bonchev–Trinajstić information content (AvgIpc) is 2.99. The van der Waals surface area contributed by atoms with Crippen LogP contribution in [-0.2, 0) is 22.5 Å². The number of rotatable bonds is 6. The largest absolute Gasteiger partial charge is 0.452 e. The Bertz CT molecular complexity index is 764. The van der Waals surface area contributed by atoms with Gasteiger partial charge in [0.05, 0.1) is 5.56 Å². The van der Waals surface area contributed by atoms with E-state index in [-0.39, 0.29) is 18.1 Å². The molecule has 0 spiro atoms. The zero-order valence-electron chi connectivity index (χ0n) is 15.4. The summed E-state index contributed by atoms with van der Waals surface area (Å²) >= 11 is 0. The van der Waals surface area contributed by atoms with E-state index in [1.165, 1.54) is 6.07 Å². The van der Waals surface area contributed by atoms with Crippen molar-refractivity contribution in [2.75, 3.05) is 5.32 Å². The molecule has 140 valence electrons. The molecule has 1 aromatic heterocycles. The molecule has 1 amide bonds. The number of carbonyl (C=O) groups is 2. The molecule has 0 bridgehead atoms. The van der Waals surface area contributed by atoms with Gasteiger partial charge < -0.3 is 14.0 Å². The molecule has 8 heteroatoms. The minimum atomic E-state index is -0.610. The van der Waals surface area contributed by atoms with E-state index in [1.807, 2.05) is 6.92 Å². The molecule has 0 saturated carbocycles. The number of nitrogens with one attached hydrogen (secondary N) is 1. The molecule has 0 fully saturated rings. The molecular formula is C18H23N3O5. The Hall–Kier alpha value is -2.90. The van der Waals surface area contributed by atoms with Crippen LogP contribution in [-0.4, -0.2) is 27.8 Å². The lowest BCUT2D eigenvalue weighted by Gasteiger charge is -2.19. The monoisotopic (exact) mass is 361 g/mol. The van der Waals surface area contributed by atoms with Crippen LogP contribution >= 0.6 is 0 Å². The topological polar surface area (TPSA) is 104 Å². The molecule has 8 nitrogen and oxygen atoms in total. The fourth-order valence-corrected chi connectivity index (χ4v) is 2.03. The Balaban J connectivity index is 1.93. The summed E-state index contributed by atoms with van der Waals surface area (Å²) in [5, 5.41) is 6.37. The summed E-state index contributed by atoms with van der Waals surface area (Å²) in [6.45, 7) is 7.20. The van der Waals surface area contributed by atoms with Crippen LogP contribution in [0.4, 0.5) is 10.5 Å². The van der Waals surface area contributed by atoms with Crippen LogP contribution in [0, 0.1) is 0 Å². The first-order valence-electron chi connectivity index (χ1n) is 8.35. The van der Waals surface area contributed by atoms with Crippen molar-refractivity contribution in [2.24, 2.45) is 0 Å². The number of aryl methyl sites for hydroxylation is 1. The molecule has 0 radical (unpaired) electrons. The highest BCUT2D eigenvalue weighted by atomic mass is 16.6. The van der Waals surface area contributed by atoms with Crippen molar-refractivity contribution >= 4 is 17.7 Å². The quantitative estimate of drug-likeness (QED) is 0.782. The van der Waals surface area contributed by atoms with Crippen molar-refractivity contribution < 1.29 is 23.6 Å². The molecular weight excluding hydrogens is 338 g/mol. The molecule has 1 heterocycles. The SMILES string of the molecule is CCCc1noc(COC(=O)c2cccc(NC(=O)OC(C)(C)C)c2)n1. The molecule has 1 aromatic carbocycles. The van der Waals surface area contributed by atoms with E-state index in [4.69, 9.17) is 14.0 Å². The van der Waals surface area contributed by atoms with Gasteiger partial charge in [-0.3, -0.25) is 5.32 Å². The Kier molecular flexibility index (Phi) is 6.32. The first-order chi connectivity index (χ1) is 12.3. The zero-order chi connectivity index (χ0) is 19.2. The van der Waals surface area contributed by atoms with Gasteiger partial charge in [0.1, 0.15) is 5.60 Å². The smallest absolute Gasteiger partial charge is 0.412 e. The van der Waals surface area contributed by atoms with Crippen molar-refractivity contribution in [1.82, 2.24) is 10.1 Å². The predicted molar refractivity (Wildman–Crippen MR) is 93.7 cm³/mol. The number of aromatic nitrogens is 2. The van der Waals surface area contributed by atoms with Gasteiger partial charge in [-0.15, -0.1) is 0 Å². The Labute approximate surface area is 151 Å². The molecule has 0 aliphatic rings. The van der Waals surface area contributed by atoms with Crippen LogP contribution in [0.3, 0.4) is 0 Å². The van der Waals surface area contributed by atoms with Crippen LogP contribution < -0.4 is 5.32 Å². The number of carbonyl (C=O) groups excluding carboxylic acids is 2. The van der Waals surface area contributed by atoms with Crippen LogP contribution in [0.1, 0.15) is 56.2 Å². The molecule has 0 unspecified atom stereocenters. The van der Waals surface area contributed by atoms with Crippen molar-refractivity contribution in [3.8, 4) is 0 Å². The second kappa shape index (κ2) is 8.46. The summed E-state index contributed by atoms with van der Waals surface area (Å²) in [7, 11) is 0. The molecule has 2 aromatic rings. The fourth-order valence-electron chi connectivity index (χ4n) is 2.03. The first-order valence-corrected chi connectivity index (χ1v) is 8.35. The second-order valence-corrected chi connectivity index (χ2v) is 6.64. The van der Waals surface area contributed by atoms with Gasteiger partial charge in [-0.05, 0) is 45.4 Å². The summed E-state index contributed by atoms with van der Waals surface area (Å²) < 4.78 is 15.4. The van der Waals surface area contributed by atoms with Gasteiger partial charge in [-0.1, -0.05) is 18.1 Å². The number of nitrogens with zero attached hydrogens (tertiary/aromatic N) is 2. The van der Waals surface area contributed by atoms with Gasteiger partial charge in [0.25, 0.3) is 5.89 Å². The molecule has 0 aliphatic carbocycles. The van der Waals surface area contributed by atoms with Gasteiger partial charge in [0.15, 0.2) is 12.4 Å². The summed E-state index contributed by atoms with van der Waals surface area (Å²) in [5.41, 5.74) is 0.102. The van der Waals surface area contributed by atoms with E-state index in [2.05, 4.69) is 15.5 Å². The molecule has 0 atom stereocenters. The number of esters is 1. The Morgan fingerprint density at radius 2 is 2.04 bits per heavy atom. The van der Waals surface area contributed by atoms with E-state index < -0.39 is 17.7 Å². The highest BCUT2D eigenvalue weighted by molar-refractivity contribution is 5.92. The third kappa shape index (κ3) is 6.19. The van der Waals surface area contributed by atoms with E-state index in [9.17, 15) is 9.59 Å². The van der Waals surface area contributed by atoms with Gasteiger partial charge in [-0.2, -0.15) is 4.98 Å². The summed E-state index contributed by atoms with van der Waals surface area (Å²) in [6, 6.07) is 6.37. The maximum atomic E-state index is 12.2. The average molecular weight is 361 g/mol. The number of anilines is 1. The Morgan fingerprint density at radius 1 is 1.27 bits per heavy atom. The van der Waals surface area contributed by atoms with Gasteiger partial charge in [-0.25, -0.2) is 9.59 Å². The van der Waals surface area contributed by atoms with E-state index in [0.717, 1.165) is 6.42 Å². The second-order valence-electron chi connectivity index (χ2n) is 6.64. The lowest BCUT2D eigenvalue weighted by atomic mass is 10.2. The number of hydrogen-bond donors (Lipinski definition) is 1. The van der Waals surface area contributed by atoms with Crippen molar-refractivity contribution in [3.63, 3.8) is 0 Å². The van der Waals surface area contributed by atoms with E-state index in [1.54, 1.807) is 39.0 Å². The van der Waals surface area contributed by atoms with Crippen molar-refractivity contribution in [1.29, 1.82) is 0 Å². The highest BCUT2D eigenvalue weighted by Gasteiger charge is 2.17. The number of hydrogen-bond acceptors (Lipinski definition) is 7. The summed E-state index contributed by atoms with van der Waals surface area (Å²) in [6.07, 6.45) is 1.00. The Morgan fingerprint density at radius 3 is 2.73 bits per heavy atom. The van der Waals surface area contributed by atoms with E-state index >= 15 is 0 Å². The van der Waals surface area contributed by atoms with Crippen LogP contribution in [0.25, 0.3) is 0 Å². The van der Waals surface area contributed by atoms with Crippen LogP contribution in [0.2, 0.25) is 0 Å². The summed E-state index contributed by atoms with van der Waals surface area (Å²) in [5.74, 6) is 0.264. The van der Waals surface area contributed by atoms with Crippen LogP contribution in [0.5, 0.6) is 0 Å². The molecule has 2 rings (SSSR count). The highest BCUT2D eigenvalue weighted by Crippen LogP contribution is 2.15.